The second kappa shape index (κ2) is 6.88. The molecule has 20 heavy (non-hydrogen) atoms. The van der Waals surface area contributed by atoms with E-state index in [1.807, 2.05) is 36.0 Å². The van der Waals surface area contributed by atoms with Gasteiger partial charge in [-0.1, -0.05) is 6.07 Å². The van der Waals surface area contributed by atoms with Gasteiger partial charge in [-0.15, -0.1) is 0 Å². The summed E-state index contributed by atoms with van der Waals surface area (Å²) < 4.78 is 10.4. The fraction of sp³-hybridized carbons (Fsp3) is 0.533. The molecule has 110 valence electrons. The topological polar surface area (TPSA) is 61.5 Å². The highest BCUT2D eigenvalue weighted by atomic mass is 32.2. The van der Waals surface area contributed by atoms with Gasteiger partial charge in [0.05, 0.1) is 20.1 Å². The molecule has 0 atom stereocenters. The first kappa shape index (κ1) is 15.0. The number of esters is 1. The number of benzene rings is 1. The van der Waals surface area contributed by atoms with Crippen LogP contribution in [0.2, 0.25) is 0 Å². The van der Waals surface area contributed by atoms with Crippen LogP contribution in [0.15, 0.2) is 24.3 Å². The van der Waals surface area contributed by atoms with Crippen molar-refractivity contribution in [3.8, 4) is 5.75 Å². The first-order valence-corrected chi connectivity index (χ1v) is 7.92. The Bertz CT molecular complexity index is 460. The van der Waals surface area contributed by atoms with Crippen LogP contribution in [0.25, 0.3) is 0 Å². The molecule has 1 aliphatic rings. The Kier molecular flexibility index (Phi) is 5.17. The van der Waals surface area contributed by atoms with Gasteiger partial charge in [0.15, 0.2) is 0 Å². The SMILES string of the molecule is COC(=O)CC1(CSCCOc2cccc(N)c2)CC1. The predicted molar refractivity (Wildman–Crippen MR) is 82.0 cm³/mol. The van der Waals surface area contributed by atoms with Gasteiger partial charge in [-0.3, -0.25) is 4.79 Å². The zero-order valence-electron chi connectivity index (χ0n) is 11.8. The lowest BCUT2D eigenvalue weighted by Gasteiger charge is -2.13. The minimum Gasteiger partial charge on any atom is -0.493 e. The van der Waals surface area contributed by atoms with Crippen molar-refractivity contribution in [3.05, 3.63) is 24.3 Å². The maximum absolute atomic E-state index is 11.3. The molecule has 1 fully saturated rings. The minimum atomic E-state index is -0.0980. The van der Waals surface area contributed by atoms with Crippen LogP contribution in [-0.2, 0) is 9.53 Å². The number of hydrogen-bond donors (Lipinski definition) is 1. The third kappa shape index (κ3) is 4.63. The van der Waals surface area contributed by atoms with Crippen LogP contribution in [0.3, 0.4) is 0 Å². The number of rotatable bonds is 8. The summed E-state index contributed by atoms with van der Waals surface area (Å²) >= 11 is 1.83. The number of thioether (sulfide) groups is 1. The Hall–Kier alpha value is -1.36. The van der Waals surface area contributed by atoms with Gasteiger partial charge in [0.1, 0.15) is 5.75 Å². The van der Waals surface area contributed by atoms with Gasteiger partial charge in [-0.2, -0.15) is 11.8 Å². The Balaban J connectivity index is 1.61. The van der Waals surface area contributed by atoms with Crippen molar-refractivity contribution >= 4 is 23.4 Å². The van der Waals surface area contributed by atoms with Crippen LogP contribution < -0.4 is 10.5 Å². The highest BCUT2D eigenvalue weighted by Crippen LogP contribution is 2.51. The predicted octanol–water partition coefficient (Wildman–Crippen LogP) is 2.72. The van der Waals surface area contributed by atoms with E-state index < -0.39 is 0 Å². The summed E-state index contributed by atoms with van der Waals surface area (Å²) in [4.78, 5) is 11.3. The molecule has 0 amide bonds. The van der Waals surface area contributed by atoms with Gasteiger partial charge >= 0.3 is 5.97 Å². The van der Waals surface area contributed by atoms with Crippen molar-refractivity contribution in [2.75, 3.05) is 31.0 Å². The number of nitrogens with two attached hydrogens (primary N) is 1. The monoisotopic (exact) mass is 295 g/mol. The first-order valence-electron chi connectivity index (χ1n) is 6.76. The molecule has 0 aromatic heterocycles. The van der Waals surface area contributed by atoms with Crippen LogP contribution >= 0.6 is 11.8 Å². The molecule has 1 aliphatic carbocycles. The Morgan fingerprint density at radius 3 is 2.90 bits per heavy atom. The summed E-state index contributed by atoms with van der Waals surface area (Å²) in [6.45, 7) is 0.655. The molecule has 0 unspecified atom stereocenters. The van der Waals surface area contributed by atoms with E-state index in [0.717, 1.165) is 30.1 Å². The minimum absolute atomic E-state index is 0.0980. The van der Waals surface area contributed by atoms with E-state index in [9.17, 15) is 4.79 Å². The van der Waals surface area contributed by atoms with Crippen molar-refractivity contribution in [1.29, 1.82) is 0 Å². The second-order valence-corrected chi connectivity index (χ2v) is 6.33. The van der Waals surface area contributed by atoms with E-state index in [-0.39, 0.29) is 11.4 Å². The van der Waals surface area contributed by atoms with Crippen molar-refractivity contribution < 1.29 is 14.3 Å². The fourth-order valence-corrected chi connectivity index (χ4v) is 3.21. The van der Waals surface area contributed by atoms with Crippen molar-refractivity contribution in [2.24, 2.45) is 5.41 Å². The molecule has 1 saturated carbocycles. The van der Waals surface area contributed by atoms with Gasteiger partial charge in [0.25, 0.3) is 0 Å². The number of hydrogen-bond acceptors (Lipinski definition) is 5. The maximum Gasteiger partial charge on any atom is 0.306 e. The van der Waals surface area contributed by atoms with Gasteiger partial charge in [0, 0.05) is 17.5 Å². The summed E-state index contributed by atoms with van der Waals surface area (Å²) in [5, 5.41) is 0. The zero-order chi connectivity index (χ0) is 14.4. The molecule has 0 spiro atoms. The molecule has 0 saturated heterocycles. The summed E-state index contributed by atoms with van der Waals surface area (Å²) in [7, 11) is 1.45. The van der Waals surface area contributed by atoms with Gasteiger partial charge in [-0.05, 0) is 36.1 Å². The second-order valence-electron chi connectivity index (χ2n) is 5.23. The highest BCUT2D eigenvalue weighted by molar-refractivity contribution is 7.99. The zero-order valence-corrected chi connectivity index (χ0v) is 12.6. The average Bonchev–Trinajstić information content (AvgIpc) is 3.18. The maximum atomic E-state index is 11.3. The largest absolute Gasteiger partial charge is 0.493 e. The normalized spacial score (nSPS) is 15.7. The number of methoxy groups -OCH3 is 1. The van der Waals surface area contributed by atoms with E-state index in [0.29, 0.717) is 18.7 Å². The summed E-state index contributed by atoms with van der Waals surface area (Å²) in [5.41, 5.74) is 6.59. The molecule has 2 N–H and O–H groups in total. The Morgan fingerprint density at radius 2 is 2.25 bits per heavy atom. The van der Waals surface area contributed by atoms with E-state index in [2.05, 4.69) is 0 Å². The van der Waals surface area contributed by atoms with Crippen molar-refractivity contribution in [1.82, 2.24) is 0 Å². The molecule has 1 aromatic rings. The van der Waals surface area contributed by atoms with Crippen molar-refractivity contribution in [3.63, 3.8) is 0 Å². The number of carbonyl (C=O) groups is 1. The molecule has 1 aromatic carbocycles. The Morgan fingerprint density at radius 1 is 1.45 bits per heavy atom. The Labute approximate surface area is 124 Å². The van der Waals surface area contributed by atoms with Gasteiger partial charge in [0.2, 0.25) is 0 Å². The van der Waals surface area contributed by atoms with Crippen LogP contribution in [0.1, 0.15) is 19.3 Å². The quantitative estimate of drug-likeness (QED) is 0.454. The molecule has 0 aliphatic heterocycles. The molecule has 0 heterocycles. The van der Waals surface area contributed by atoms with Gasteiger partial charge < -0.3 is 15.2 Å². The average molecular weight is 295 g/mol. The summed E-state index contributed by atoms with van der Waals surface area (Å²) in [6, 6.07) is 7.45. The van der Waals surface area contributed by atoms with Crippen LogP contribution in [0, 0.1) is 5.41 Å². The number of ether oxygens (including phenoxy) is 2. The first-order chi connectivity index (χ1) is 9.63. The van der Waals surface area contributed by atoms with Crippen LogP contribution in [0.5, 0.6) is 5.75 Å². The molecule has 5 heteroatoms. The number of carbonyl (C=O) groups excluding carboxylic acids is 1. The standard InChI is InChI=1S/C15H21NO3S/c1-18-14(17)10-15(5-6-15)11-20-8-7-19-13-4-2-3-12(16)9-13/h2-4,9H,5-8,10-11,16H2,1H3. The van der Waals surface area contributed by atoms with E-state index in [1.165, 1.54) is 7.11 Å². The third-order valence-corrected chi connectivity index (χ3v) is 4.74. The lowest BCUT2D eigenvalue weighted by molar-refractivity contribution is -0.141. The van der Waals surface area contributed by atoms with Crippen LogP contribution in [0.4, 0.5) is 5.69 Å². The lowest BCUT2D eigenvalue weighted by Crippen LogP contribution is -2.14. The third-order valence-electron chi connectivity index (χ3n) is 3.47. The van der Waals surface area contributed by atoms with E-state index >= 15 is 0 Å². The molecular weight excluding hydrogens is 274 g/mol. The summed E-state index contributed by atoms with van der Waals surface area (Å²) in [6.07, 6.45) is 2.81. The van der Waals surface area contributed by atoms with E-state index in [4.69, 9.17) is 15.2 Å². The molecular formula is C15H21NO3S. The molecule has 2 rings (SSSR count). The summed E-state index contributed by atoms with van der Waals surface area (Å²) in [5.74, 6) is 2.63. The molecule has 0 bridgehead atoms. The van der Waals surface area contributed by atoms with Crippen LogP contribution in [-0.4, -0.2) is 31.2 Å². The highest BCUT2D eigenvalue weighted by Gasteiger charge is 2.44. The van der Waals surface area contributed by atoms with Crippen molar-refractivity contribution in [2.45, 2.75) is 19.3 Å². The smallest absolute Gasteiger partial charge is 0.306 e. The fourth-order valence-electron chi connectivity index (χ4n) is 2.04. The van der Waals surface area contributed by atoms with E-state index in [1.54, 1.807) is 0 Å². The lowest BCUT2D eigenvalue weighted by atomic mass is 10.1. The number of anilines is 1. The molecule has 0 radical (unpaired) electrons. The molecule has 4 nitrogen and oxygen atoms in total. The van der Waals surface area contributed by atoms with Gasteiger partial charge in [-0.25, -0.2) is 0 Å². The number of nitrogen functional groups attached to an aromatic ring is 1.